The Labute approximate surface area is 185 Å². The Morgan fingerprint density at radius 3 is 2.45 bits per heavy atom. The standard InChI is InChI=1S/C22H37FN6O2/c1-24-22(26-11-13-27(2)12-4-18-31-3)25-10-9-21(30)29-16-14-28(15-17-29)20-7-5-19(23)6-8-20/h5-8H,4,9-18H2,1-3H3,(H2,24,25,26). The molecule has 1 amide bonds. The van der Waals surface area contributed by atoms with E-state index in [0.717, 1.165) is 51.4 Å². The maximum absolute atomic E-state index is 13.1. The molecule has 0 aromatic heterocycles. The predicted molar refractivity (Wildman–Crippen MR) is 123 cm³/mol. The molecule has 1 saturated heterocycles. The number of nitrogens with zero attached hydrogens (tertiary/aromatic N) is 4. The second-order valence-corrected chi connectivity index (χ2v) is 7.67. The fourth-order valence-electron chi connectivity index (χ4n) is 3.49. The first-order valence-corrected chi connectivity index (χ1v) is 10.9. The van der Waals surface area contributed by atoms with Crippen LogP contribution in [0.25, 0.3) is 0 Å². The number of hydrogen-bond acceptors (Lipinski definition) is 5. The van der Waals surface area contributed by atoms with Crippen LogP contribution in [-0.4, -0.2) is 102 Å². The van der Waals surface area contributed by atoms with Gasteiger partial charge in [-0.3, -0.25) is 9.79 Å². The van der Waals surface area contributed by atoms with Crippen LogP contribution in [0.5, 0.6) is 0 Å². The van der Waals surface area contributed by atoms with Gasteiger partial charge in [0.1, 0.15) is 5.82 Å². The van der Waals surface area contributed by atoms with Crippen LogP contribution in [0.15, 0.2) is 29.3 Å². The van der Waals surface area contributed by atoms with Gasteiger partial charge in [-0.25, -0.2) is 4.39 Å². The topological polar surface area (TPSA) is 72.4 Å². The lowest BCUT2D eigenvalue weighted by Crippen LogP contribution is -2.49. The van der Waals surface area contributed by atoms with E-state index in [1.165, 1.54) is 12.1 Å². The number of likely N-dealkylation sites (N-methyl/N-ethyl adjacent to an activating group) is 1. The summed E-state index contributed by atoms with van der Waals surface area (Å²) in [6, 6.07) is 6.51. The van der Waals surface area contributed by atoms with Gasteiger partial charge in [0, 0.05) is 85.2 Å². The Bertz CT molecular complexity index is 677. The summed E-state index contributed by atoms with van der Waals surface area (Å²) in [4.78, 5) is 23.1. The summed E-state index contributed by atoms with van der Waals surface area (Å²) in [5.41, 5.74) is 0.995. The Hall–Kier alpha value is -2.39. The molecular formula is C22H37FN6O2. The number of guanidine groups is 1. The summed E-state index contributed by atoms with van der Waals surface area (Å²) in [6.07, 6.45) is 1.44. The molecule has 174 valence electrons. The number of rotatable bonds is 11. The van der Waals surface area contributed by atoms with Gasteiger partial charge in [0.25, 0.3) is 0 Å². The molecule has 8 nitrogen and oxygen atoms in total. The lowest BCUT2D eigenvalue weighted by atomic mass is 10.2. The first kappa shape index (κ1) is 24.9. The largest absolute Gasteiger partial charge is 0.385 e. The molecule has 1 heterocycles. The first-order chi connectivity index (χ1) is 15.0. The fourth-order valence-corrected chi connectivity index (χ4v) is 3.49. The van der Waals surface area contributed by atoms with Crippen LogP contribution < -0.4 is 15.5 Å². The SMILES string of the molecule is CN=C(NCCC(=O)N1CCN(c2ccc(F)cc2)CC1)NCCN(C)CCCOC. The smallest absolute Gasteiger partial charge is 0.224 e. The van der Waals surface area contributed by atoms with Crippen LogP contribution in [0.3, 0.4) is 0 Å². The van der Waals surface area contributed by atoms with E-state index in [4.69, 9.17) is 4.74 Å². The van der Waals surface area contributed by atoms with E-state index in [2.05, 4.69) is 32.5 Å². The third-order valence-corrected chi connectivity index (χ3v) is 5.35. The molecule has 2 rings (SSSR count). The number of amides is 1. The zero-order valence-corrected chi connectivity index (χ0v) is 19.1. The summed E-state index contributed by atoms with van der Waals surface area (Å²) in [5, 5.41) is 6.49. The molecule has 0 spiro atoms. The fraction of sp³-hybridized carbons (Fsp3) is 0.636. The second-order valence-electron chi connectivity index (χ2n) is 7.67. The van der Waals surface area contributed by atoms with E-state index in [-0.39, 0.29) is 11.7 Å². The number of benzene rings is 1. The van der Waals surface area contributed by atoms with E-state index in [1.807, 2.05) is 4.90 Å². The number of carbonyl (C=O) groups excluding carboxylic acids is 1. The van der Waals surface area contributed by atoms with Crippen molar-refractivity contribution >= 4 is 17.6 Å². The van der Waals surface area contributed by atoms with Gasteiger partial charge in [-0.15, -0.1) is 0 Å². The highest BCUT2D eigenvalue weighted by Crippen LogP contribution is 2.17. The molecule has 9 heteroatoms. The normalized spacial score (nSPS) is 14.8. The molecule has 1 aliphatic rings. The van der Waals surface area contributed by atoms with Gasteiger partial charge < -0.3 is 30.1 Å². The third kappa shape index (κ3) is 9.10. The van der Waals surface area contributed by atoms with Crippen molar-refractivity contribution in [3.05, 3.63) is 30.1 Å². The minimum absolute atomic E-state index is 0.139. The molecular weight excluding hydrogens is 399 g/mol. The molecule has 0 bridgehead atoms. The van der Waals surface area contributed by atoms with Crippen LogP contribution in [0.1, 0.15) is 12.8 Å². The van der Waals surface area contributed by atoms with Crippen molar-refractivity contribution in [1.29, 1.82) is 0 Å². The number of aliphatic imine (C=N–C) groups is 1. The number of anilines is 1. The van der Waals surface area contributed by atoms with Crippen molar-refractivity contribution in [3.8, 4) is 0 Å². The summed E-state index contributed by atoms with van der Waals surface area (Å²) in [5.74, 6) is 0.613. The molecule has 1 aromatic carbocycles. The molecule has 1 aliphatic heterocycles. The van der Waals surface area contributed by atoms with Gasteiger partial charge >= 0.3 is 0 Å². The Morgan fingerprint density at radius 1 is 1.13 bits per heavy atom. The molecule has 1 fully saturated rings. The highest BCUT2D eigenvalue weighted by molar-refractivity contribution is 5.81. The number of nitrogens with one attached hydrogen (secondary N) is 2. The van der Waals surface area contributed by atoms with Gasteiger partial charge in [-0.1, -0.05) is 0 Å². The first-order valence-electron chi connectivity index (χ1n) is 10.9. The molecule has 2 N–H and O–H groups in total. The maximum Gasteiger partial charge on any atom is 0.224 e. The summed E-state index contributed by atoms with van der Waals surface area (Å²) >= 11 is 0. The van der Waals surface area contributed by atoms with E-state index < -0.39 is 0 Å². The molecule has 31 heavy (non-hydrogen) atoms. The number of carbonyl (C=O) groups is 1. The monoisotopic (exact) mass is 436 g/mol. The van der Waals surface area contributed by atoms with Crippen molar-refractivity contribution in [2.24, 2.45) is 4.99 Å². The van der Waals surface area contributed by atoms with Crippen molar-refractivity contribution < 1.29 is 13.9 Å². The van der Waals surface area contributed by atoms with Crippen molar-refractivity contribution in [2.75, 3.05) is 85.1 Å². The number of hydrogen-bond donors (Lipinski definition) is 2. The third-order valence-electron chi connectivity index (χ3n) is 5.35. The average Bonchev–Trinajstić information content (AvgIpc) is 2.78. The zero-order chi connectivity index (χ0) is 22.5. The minimum Gasteiger partial charge on any atom is -0.385 e. The molecule has 0 unspecified atom stereocenters. The quantitative estimate of drug-likeness (QED) is 0.306. The number of halogens is 1. The second kappa shape index (κ2) is 13.8. The number of methoxy groups -OCH3 is 1. The minimum atomic E-state index is -0.233. The van der Waals surface area contributed by atoms with E-state index >= 15 is 0 Å². The molecule has 0 saturated carbocycles. The maximum atomic E-state index is 13.1. The Kier molecular flexibility index (Phi) is 11.1. The Morgan fingerprint density at radius 2 is 1.81 bits per heavy atom. The van der Waals surface area contributed by atoms with E-state index in [9.17, 15) is 9.18 Å². The number of ether oxygens (including phenoxy) is 1. The lowest BCUT2D eigenvalue weighted by molar-refractivity contribution is -0.131. The Balaban J connectivity index is 1.60. The van der Waals surface area contributed by atoms with Crippen molar-refractivity contribution in [2.45, 2.75) is 12.8 Å². The molecule has 0 aliphatic carbocycles. The summed E-state index contributed by atoms with van der Waals surface area (Å²) in [7, 11) is 5.53. The van der Waals surface area contributed by atoms with Crippen LogP contribution in [0.2, 0.25) is 0 Å². The molecule has 0 radical (unpaired) electrons. The van der Waals surface area contributed by atoms with Crippen molar-refractivity contribution in [3.63, 3.8) is 0 Å². The van der Waals surface area contributed by atoms with Gasteiger partial charge in [0.2, 0.25) is 5.91 Å². The van der Waals surface area contributed by atoms with E-state index in [0.29, 0.717) is 32.0 Å². The summed E-state index contributed by atoms with van der Waals surface area (Å²) < 4.78 is 18.2. The van der Waals surface area contributed by atoms with Crippen LogP contribution in [0.4, 0.5) is 10.1 Å². The lowest BCUT2D eigenvalue weighted by Gasteiger charge is -2.36. The average molecular weight is 437 g/mol. The van der Waals surface area contributed by atoms with Crippen LogP contribution >= 0.6 is 0 Å². The van der Waals surface area contributed by atoms with Gasteiger partial charge in [0.05, 0.1) is 0 Å². The highest BCUT2D eigenvalue weighted by Gasteiger charge is 2.21. The van der Waals surface area contributed by atoms with Crippen LogP contribution in [0, 0.1) is 5.82 Å². The predicted octanol–water partition coefficient (Wildman–Crippen LogP) is 0.998. The highest BCUT2D eigenvalue weighted by atomic mass is 19.1. The number of piperazine rings is 1. The van der Waals surface area contributed by atoms with Crippen LogP contribution in [-0.2, 0) is 9.53 Å². The zero-order valence-electron chi connectivity index (χ0n) is 19.1. The molecule has 1 aromatic rings. The van der Waals surface area contributed by atoms with Gasteiger partial charge in [0.15, 0.2) is 5.96 Å². The van der Waals surface area contributed by atoms with Gasteiger partial charge in [-0.05, 0) is 37.7 Å². The molecule has 0 atom stereocenters. The van der Waals surface area contributed by atoms with Crippen molar-refractivity contribution in [1.82, 2.24) is 20.4 Å². The summed E-state index contributed by atoms with van der Waals surface area (Å²) in [6.45, 7) is 6.86. The van der Waals surface area contributed by atoms with Gasteiger partial charge in [-0.2, -0.15) is 0 Å². The van der Waals surface area contributed by atoms with E-state index in [1.54, 1.807) is 26.3 Å².